The van der Waals surface area contributed by atoms with E-state index in [1.807, 2.05) is 32.9 Å². The first kappa shape index (κ1) is 22.4. The fraction of sp³-hybridized carbons (Fsp3) is 0.280. The second-order valence-electron chi connectivity index (χ2n) is 8.13. The average molecular weight is 448 g/mol. The van der Waals surface area contributed by atoms with Gasteiger partial charge in [-0.3, -0.25) is 9.59 Å². The molecule has 1 aliphatic rings. The van der Waals surface area contributed by atoms with Crippen LogP contribution >= 0.6 is 0 Å². The van der Waals surface area contributed by atoms with Crippen molar-refractivity contribution in [1.29, 1.82) is 0 Å². The number of aromatic nitrogens is 2. The van der Waals surface area contributed by atoms with Crippen molar-refractivity contribution in [3.05, 3.63) is 82.6 Å². The Balaban J connectivity index is 1.51. The number of rotatable bonds is 4. The molecule has 2 heterocycles. The number of anilines is 2. The Hall–Kier alpha value is -3.81. The largest absolute Gasteiger partial charge is 0.353 e. The van der Waals surface area contributed by atoms with Gasteiger partial charge in [0.2, 0.25) is 0 Å². The predicted molar refractivity (Wildman–Crippen MR) is 125 cm³/mol. The predicted octanol–water partition coefficient (Wildman–Crippen LogP) is 3.76. The second-order valence-corrected chi connectivity index (χ2v) is 8.13. The highest BCUT2D eigenvalue weighted by atomic mass is 19.1. The highest BCUT2D eigenvalue weighted by Gasteiger charge is 2.26. The van der Waals surface area contributed by atoms with Gasteiger partial charge in [-0.05, 0) is 44.5 Å². The van der Waals surface area contributed by atoms with E-state index in [2.05, 4.69) is 20.2 Å². The molecule has 1 saturated heterocycles. The van der Waals surface area contributed by atoms with Gasteiger partial charge in [0, 0.05) is 37.9 Å². The quantitative estimate of drug-likeness (QED) is 0.659. The minimum Gasteiger partial charge on any atom is -0.353 e. The van der Waals surface area contributed by atoms with Crippen LogP contribution in [0.25, 0.3) is 0 Å². The fourth-order valence-electron chi connectivity index (χ4n) is 4.01. The first-order valence-corrected chi connectivity index (χ1v) is 10.9. The van der Waals surface area contributed by atoms with E-state index in [1.165, 1.54) is 18.2 Å². The molecule has 33 heavy (non-hydrogen) atoms. The summed E-state index contributed by atoms with van der Waals surface area (Å²) in [6.07, 6.45) is 0. The molecule has 0 atom stereocenters. The van der Waals surface area contributed by atoms with Gasteiger partial charge in [0.1, 0.15) is 17.5 Å². The Morgan fingerprint density at radius 1 is 0.909 bits per heavy atom. The number of amides is 2. The van der Waals surface area contributed by atoms with Crippen molar-refractivity contribution in [1.82, 2.24) is 14.9 Å². The molecule has 2 amide bonds. The van der Waals surface area contributed by atoms with Crippen LogP contribution in [0.4, 0.5) is 15.9 Å². The van der Waals surface area contributed by atoms with Crippen molar-refractivity contribution in [2.45, 2.75) is 20.8 Å². The third kappa shape index (κ3) is 4.84. The molecule has 0 bridgehead atoms. The third-order valence-electron chi connectivity index (χ3n) is 5.70. The van der Waals surface area contributed by atoms with Crippen LogP contribution in [0.15, 0.2) is 48.5 Å². The molecule has 0 unspecified atom stereocenters. The summed E-state index contributed by atoms with van der Waals surface area (Å²) in [6, 6.07) is 13.0. The van der Waals surface area contributed by atoms with Gasteiger partial charge in [-0.1, -0.05) is 24.3 Å². The highest BCUT2D eigenvalue weighted by Crippen LogP contribution is 2.25. The van der Waals surface area contributed by atoms with Crippen molar-refractivity contribution < 1.29 is 14.0 Å². The van der Waals surface area contributed by atoms with Gasteiger partial charge in [-0.25, -0.2) is 14.4 Å². The fourth-order valence-corrected chi connectivity index (χ4v) is 4.01. The number of para-hydroxylation sites is 1. The van der Waals surface area contributed by atoms with Crippen molar-refractivity contribution in [2.24, 2.45) is 0 Å². The summed E-state index contributed by atoms with van der Waals surface area (Å²) in [6.45, 7) is 7.95. The van der Waals surface area contributed by atoms with E-state index in [0.717, 1.165) is 22.9 Å². The van der Waals surface area contributed by atoms with Crippen LogP contribution in [-0.4, -0.2) is 52.9 Å². The molecule has 4 rings (SSSR count). The molecular weight excluding hydrogens is 421 g/mol. The van der Waals surface area contributed by atoms with Crippen LogP contribution in [0.2, 0.25) is 0 Å². The summed E-state index contributed by atoms with van der Waals surface area (Å²) < 4.78 is 14.1. The number of halogens is 1. The van der Waals surface area contributed by atoms with Crippen molar-refractivity contribution in [2.75, 3.05) is 36.4 Å². The van der Waals surface area contributed by atoms with Gasteiger partial charge in [-0.15, -0.1) is 0 Å². The Kier molecular flexibility index (Phi) is 6.35. The Bertz CT molecular complexity index is 1180. The zero-order valence-electron chi connectivity index (χ0n) is 18.9. The van der Waals surface area contributed by atoms with Crippen LogP contribution in [0.1, 0.15) is 37.8 Å². The van der Waals surface area contributed by atoms with Crippen LogP contribution < -0.4 is 10.2 Å². The zero-order valence-corrected chi connectivity index (χ0v) is 18.9. The maximum Gasteiger partial charge on any atom is 0.258 e. The summed E-state index contributed by atoms with van der Waals surface area (Å²) in [5.41, 5.74) is 2.37. The summed E-state index contributed by atoms with van der Waals surface area (Å²) in [5.74, 6) is 0.217. The SMILES string of the molecule is Cc1cc(N2CCN(C(=O)c3cccc(C)c3NC(=O)c3ccccc3F)CC2)nc(C)n1. The van der Waals surface area contributed by atoms with E-state index in [0.29, 0.717) is 37.4 Å². The maximum absolute atomic E-state index is 14.1. The van der Waals surface area contributed by atoms with Gasteiger partial charge in [0.25, 0.3) is 11.8 Å². The molecule has 1 fully saturated rings. The molecule has 0 spiro atoms. The Morgan fingerprint density at radius 3 is 2.30 bits per heavy atom. The highest BCUT2D eigenvalue weighted by molar-refractivity contribution is 6.09. The second kappa shape index (κ2) is 9.36. The van der Waals surface area contributed by atoms with E-state index < -0.39 is 11.7 Å². The van der Waals surface area contributed by atoms with E-state index in [9.17, 15) is 14.0 Å². The smallest absolute Gasteiger partial charge is 0.258 e. The lowest BCUT2D eigenvalue weighted by Gasteiger charge is -2.36. The topological polar surface area (TPSA) is 78.4 Å². The van der Waals surface area contributed by atoms with Gasteiger partial charge in [0.15, 0.2) is 0 Å². The van der Waals surface area contributed by atoms with Crippen LogP contribution in [0.3, 0.4) is 0 Å². The normalized spacial score (nSPS) is 13.7. The van der Waals surface area contributed by atoms with Gasteiger partial charge in [-0.2, -0.15) is 0 Å². The number of benzene rings is 2. The first-order chi connectivity index (χ1) is 15.8. The molecule has 2 aromatic carbocycles. The summed E-state index contributed by atoms with van der Waals surface area (Å²) in [7, 11) is 0. The summed E-state index contributed by atoms with van der Waals surface area (Å²) in [4.78, 5) is 38.8. The van der Waals surface area contributed by atoms with Crippen LogP contribution in [-0.2, 0) is 0 Å². The van der Waals surface area contributed by atoms with Crippen molar-refractivity contribution in [3.8, 4) is 0 Å². The summed E-state index contributed by atoms with van der Waals surface area (Å²) >= 11 is 0. The molecular formula is C25H26FN5O2. The molecule has 7 nitrogen and oxygen atoms in total. The van der Waals surface area contributed by atoms with E-state index in [1.54, 1.807) is 23.1 Å². The Labute approximate surface area is 192 Å². The van der Waals surface area contributed by atoms with Crippen molar-refractivity contribution >= 4 is 23.3 Å². The molecule has 0 radical (unpaired) electrons. The molecule has 0 saturated carbocycles. The Morgan fingerprint density at radius 2 is 1.61 bits per heavy atom. The monoisotopic (exact) mass is 447 g/mol. The van der Waals surface area contributed by atoms with Gasteiger partial charge < -0.3 is 15.1 Å². The number of nitrogens with zero attached hydrogens (tertiary/aromatic N) is 4. The number of nitrogens with one attached hydrogen (secondary N) is 1. The molecule has 1 aromatic heterocycles. The van der Waals surface area contributed by atoms with Crippen molar-refractivity contribution in [3.63, 3.8) is 0 Å². The molecule has 170 valence electrons. The minimum atomic E-state index is -0.609. The van der Waals surface area contributed by atoms with E-state index >= 15 is 0 Å². The molecule has 1 aliphatic heterocycles. The van der Waals surface area contributed by atoms with Gasteiger partial charge >= 0.3 is 0 Å². The molecule has 8 heteroatoms. The molecule has 1 N–H and O–H groups in total. The maximum atomic E-state index is 14.1. The molecule has 0 aliphatic carbocycles. The standard InChI is InChI=1S/C25H26FN5O2/c1-16-7-6-9-20(23(16)29-24(32)19-8-4-5-10-21(19)26)25(33)31-13-11-30(12-14-31)22-15-17(2)27-18(3)28-22/h4-10,15H,11-14H2,1-3H3,(H,29,32). The number of carbonyl (C=O) groups is 2. The number of hydrogen-bond donors (Lipinski definition) is 1. The zero-order chi connectivity index (χ0) is 23.5. The van der Waals surface area contributed by atoms with Crippen LogP contribution in [0, 0.1) is 26.6 Å². The number of hydrogen-bond acceptors (Lipinski definition) is 5. The van der Waals surface area contributed by atoms with Crippen LogP contribution in [0.5, 0.6) is 0 Å². The lowest BCUT2D eigenvalue weighted by Crippen LogP contribution is -2.49. The molecule has 3 aromatic rings. The lowest BCUT2D eigenvalue weighted by molar-refractivity contribution is 0.0747. The number of piperazine rings is 1. The first-order valence-electron chi connectivity index (χ1n) is 10.9. The number of carbonyl (C=O) groups excluding carboxylic acids is 2. The summed E-state index contributed by atoms with van der Waals surface area (Å²) in [5, 5.41) is 2.75. The van der Waals surface area contributed by atoms with E-state index in [4.69, 9.17) is 0 Å². The average Bonchev–Trinajstić information content (AvgIpc) is 2.79. The number of aryl methyl sites for hydroxylation is 3. The third-order valence-corrected chi connectivity index (χ3v) is 5.70. The lowest BCUT2D eigenvalue weighted by atomic mass is 10.1. The van der Waals surface area contributed by atoms with Gasteiger partial charge in [0.05, 0.1) is 16.8 Å². The van der Waals surface area contributed by atoms with E-state index in [-0.39, 0.29) is 11.5 Å². The minimum absolute atomic E-state index is 0.0665.